The molecule has 7 nitrogen and oxygen atoms in total. The van der Waals surface area contributed by atoms with Crippen molar-refractivity contribution in [3.8, 4) is 12.0 Å². The fraction of sp³-hybridized carbons (Fsp3) is 0.556. The number of oxime groups is 1. The first-order chi connectivity index (χ1) is 7.52. The van der Waals surface area contributed by atoms with Crippen LogP contribution in [0.4, 0.5) is 5.95 Å². The van der Waals surface area contributed by atoms with E-state index in [2.05, 4.69) is 20.1 Å². The summed E-state index contributed by atoms with van der Waals surface area (Å²) < 4.78 is 4.94. The van der Waals surface area contributed by atoms with Crippen LogP contribution in [0.3, 0.4) is 0 Å². The maximum absolute atomic E-state index is 5.02. The average Bonchev–Trinajstić information content (AvgIpc) is 2.25. The molecule has 0 spiro atoms. The predicted octanol–water partition coefficient (Wildman–Crippen LogP) is 0.721. The first-order valence-corrected chi connectivity index (χ1v) is 4.68. The van der Waals surface area contributed by atoms with E-state index in [0.29, 0.717) is 5.95 Å². The first kappa shape index (κ1) is 12.2. The van der Waals surface area contributed by atoms with Crippen molar-refractivity contribution in [1.29, 1.82) is 0 Å². The first-order valence-electron chi connectivity index (χ1n) is 4.68. The van der Waals surface area contributed by atoms with E-state index in [1.807, 2.05) is 27.9 Å². The maximum atomic E-state index is 5.02. The summed E-state index contributed by atoms with van der Waals surface area (Å²) in [7, 11) is 5.10. The number of rotatable bonds is 4. The summed E-state index contributed by atoms with van der Waals surface area (Å²) in [5, 5.41) is 3.76. The summed E-state index contributed by atoms with van der Waals surface area (Å²) in [4.78, 5) is 18.7. The molecular weight excluding hydrogens is 210 g/mol. The van der Waals surface area contributed by atoms with Gasteiger partial charge in [0.05, 0.1) is 12.8 Å². The molecule has 16 heavy (non-hydrogen) atoms. The van der Waals surface area contributed by atoms with Crippen LogP contribution in [0.1, 0.15) is 13.8 Å². The van der Waals surface area contributed by atoms with Gasteiger partial charge in [0.2, 0.25) is 5.95 Å². The quantitative estimate of drug-likeness (QED) is 0.555. The molecule has 0 bridgehead atoms. The summed E-state index contributed by atoms with van der Waals surface area (Å²) >= 11 is 0. The zero-order valence-corrected chi connectivity index (χ0v) is 10.1. The van der Waals surface area contributed by atoms with Crippen molar-refractivity contribution in [1.82, 2.24) is 15.0 Å². The highest BCUT2D eigenvalue weighted by Crippen LogP contribution is 2.14. The van der Waals surface area contributed by atoms with E-state index in [1.54, 1.807) is 4.90 Å². The molecular formula is C9H15N5O2. The Bertz CT molecular complexity index is 387. The monoisotopic (exact) mass is 225 g/mol. The molecule has 0 aliphatic heterocycles. The molecule has 0 aliphatic rings. The second kappa shape index (κ2) is 5.24. The molecule has 0 N–H and O–H groups in total. The van der Waals surface area contributed by atoms with Gasteiger partial charge in [0.15, 0.2) is 0 Å². The molecule has 0 unspecified atom stereocenters. The number of nitrogens with zero attached hydrogens (tertiary/aromatic N) is 5. The molecule has 1 aromatic heterocycles. The molecule has 0 radical (unpaired) electrons. The molecule has 7 heteroatoms. The van der Waals surface area contributed by atoms with E-state index in [4.69, 9.17) is 9.57 Å². The van der Waals surface area contributed by atoms with Crippen molar-refractivity contribution >= 4 is 11.7 Å². The SMILES string of the molecule is COc1nc(ON=C(C)C)nc(N(C)C)n1. The van der Waals surface area contributed by atoms with Crippen LogP contribution in [0.5, 0.6) is 12.0 Å². The third-order valence-electron chi connectivity index (χ3n) is 1.48. The summed E-state index contributed by atoms with van der Waals surface area (Å²) in [6, 6.07) is 0.300. The molecule has 0 aromatic carbocycles. The van der Waals surface area contributed by atoms with Crippen LogP contribution in [0, 0.1) is 0 Å². The van der Waals surface area contributed by atoms with E-state index in [9.17, 15) is 0 Å². The molecule has 0 aliphatic carbocycles. The average molecular weight is 225 g/mol. The lowest BCUT2D eigenvalue weighted by Gasteiger charge is -2.10. The Morgan fingerprint density at radius 2 is 1.75 bits per heavy atom. The van der Waals surface area contributed by atoms with Gasteiger partial charge in [-0.05, 0) is 13.8 Å². The van der Waals surface area contributed by atoms with Crippen molar-refractivity contribution in [2.24, 2.45) is 5.16 Å². The Balaban J connectivity index is 2.99. The van der Waals surface area contributed by atoms with Crippen molar-refractivity contribution in [2.75, 3.05) is 26.1 Å². The topological polar surface area (TPSA) is 72.7 Å². The number of anilines is 1. The number of methoxy groups -OCH3 is 1. The summed E-state index contributed by atoms with van der Waals surface area (Å²) in [5.41, 5.74) is 0.769. The van der Waals surface area contributed by atoms with Gasteiger partial charge >= 0.3 is 12.0 Å². The van der Waals surface area contributed by atoms with Crippen LogP contribution >= 0.6 is 0 Å². The molecule has 88 valence electrons. The zero-order chi connectivity index (χ0) is 12.1. The van der Waals surface area contributed by atoms with Crippen molar-refractivity contribution in [3.05, 3.63) is 0 Å². The lowest BCUT2D eigenvalue weighted by Crippen LogP contribution is -2.14. The highest BCUT2D eigenvalue weighted by Gasteiger charge is 2.09. The number of hydrogen-bond donors (Lipinski definition) is 0. The van der Waals surface area contributed by atoms with E-state index in [0.717, 1.165) is 5.71 Å². The van der Waals surface area contributed by atoms with Crippen LogP contribution in [0.15, 0.2) is 5.16 Å². The number of ether oxygens (including phenoxy) is 1. The fourth-order valence-electron chi connectivity index (χ4n) is 0.792. The highest BCUT2D eigenvalue weighted by atomic mass is 16.6. The summed E-state index contributed by atoms with van der Waals surface area (Å²) in [6.45, 7) is 3.62. The minimum atomic E-state index is 0.108. The van der Waals surface area contributed by atoms with Gasteiger partial charge in [-0.3, -0.25) is 0 Å². The summed E-state index contributed by atoms with van der Waals surface area (Å²) in [6.07, 6.45) is 0. The Kier molecular flexibility index (Phi) is 3.98. The minimum Gasteiger partial charge on any atom is -0.467 e. The Labute approximate surface area is 94.1 Å². The van der Waals surface area contributed by atoms with Gasteiger partial charge in [-0.2, -0.15) is 9.97 Å². The van der Waals surface area contributed by atoms with Crippen LogP contribution < -0.4 is 14.5 Å². The molecule has 1 rings (SSSR count). The Morgan fingerprint density at radius 1 is 1.12 bits per heavy atom. The van der Waals surface area contributed by atoms with Gasteiger partial charge in [0.25, 0.3) is 0 Å². The molecule has 0 atom stereocenters. The molecule has 0 saturated heterocycles. The van der Waals surface area contributed by atoms with Crippen LogP contribution in [-0.4, -0.2) is 41.9 Å². The van der Waals surface area contributed by atoms with E-state index >= 15 is 0 Å². The van der Waals surface area contributed by atoms with E-state index in [-0.39, 0.29) is 12.0 Å². The van der Waals surface area contributed by atoms with Crippen molar-refractivity contribution in [2.45, 2.75) is 13.8 Å². The van der Waals surface area contributed by atoms with Crippen molar-refractivity contribution in [3.63, 3.8) is 0 Å². The maximum Gasteiger partial charge on any atom is 0.353 e. The van der Waals surface area contributed by atoms with Gasteiger partial charge in [-0.15, -0.1) is 4.98 Å². The van der Waals surface area contributed by atoms with Crippen molar-refractivity contribution < 1.29 is 9.57 Å². The largest absolute Gasteiger partial charge is 0.467 e. The van der Waals surface area contributed by atoms with E-state index in [1.165, 1.54) is 7.11 Å². The number of hydrogen-bond acceptors (Lipinski definition) is 7. The highest BCUT2D eigenvalue weighted by molar-refractivity contribution is 5.78. The third kappa shape index (κ3) is 3.34. The normalized spacial score (nSPS) is 9.56. The second-order valence-corrected chi connectivity index (χ2v) is 3.43. The lowest BCUT2D eigenvalue weighted by atomic mass is 10.5. The van der Waals surface area contributed by atoms with Crippen LogP contribution in [-0.2, 0) is 0 Å². The lowest BCUT2D eigenvalue weighted by molar-refractivity contribution is 0.297. The predicted molar refractivity (Wildman–Crippen MR) is 60.1 cm³/mol. The fourth-order valence-corrected chi connectivity index (χ4v) is 0.792. The van der Waals surface area contributed by atoms with Gasteiger partial charge in [0, 0.05) is 14.1 Å². The molecule has 0 saturated carbocycles. The number of aromatic nitrogens is 3. The van der Waals surface area contributed by atoms with Gasteiger partial charge in [-0.1, -0.05) is 5.16 Å². The molecule has 1 heterocycles. The standard InChI is InChI=1S/C9H15N5O2/c1-6(2)13-16-9-11-7(14(3)4)10-8(12-9)15-5/h1-5H3. The van der Waals surface area contributed by atoms with E-state index < -0.39 is 0 Å². The Hall–Kier alpha value is -1.92. The van der Waals surface area contributed by atoms with Gasteiger partial charge < -0.3 is 14.5 Å². The molecule has 1 aromatic rings. The third-order valence-corrected chi connectivity index (χ3v) is 1.48. The van der Waals surface area contributed by atoms with Crippen LogP contribution in [0.25, 0.3) is 0 Å². The second-order valence-electron chi connectivity index (χ2n) is 3.43. The van der Waals surface area contributed by atoms with Gasteiger partial charge in [0.1, 0.15) is 0 Å². The zero-order valence-electron chi connectivity index (χ0n) is 10.1. The van der Waals surface area contributed by atoms with Crippen LogP contribution in [0.2, 0.25) is 0 Å². The molecule has 0 amide bonds. The van der Waals surface area contributed by atoms with Gasteiger partial charge in [-0.25, -0.2) is 0 Å². The minimum absolute atomic E-state index is 0.108. The smallest absolute Gasteiger partial charge is 0.353 e. The molecule has 0 fully saturated rings. The Morgan fingerprint density at radius 3 is 2.25 bits per heavy atom. The summed E-state index contributed by atoms with van der Waals surface area (Å²) in [5.74, 6) is 0.450.